The van der Waals surface area contributed by atoms with Crippen molar-refractivity contribution in [2.45, 2.75) is 11.8 Å². The highest BCUT2D eigenvalue weighted by Gasteiger charge is 2.30. The maximum Gasteiger partial charge on any atom is 0.262 e. The number of amides is 2. The molecule has 2 heterocycles. The molecule has 1 saturated heterocycles. The summed E-state index contributed by atoms with van der Waals surface area (Å²) in [4.78, 5) is 27.8. The van der Waals surface area contributed by atoms with E-state index in [-0.39, 0.29) is 41.4 Å². The van der Waals surface area contributed by atoms with Gasteiger partial charge in [0.15, 0.2) is 6.61 Å². The number of piperazine rings is 1. The van der Waals surface area contributed by atoms with Gasteiger partial charge in [-0.05, 0) is 30.7 Å². The maximum atomic E-state index is 14.0. The molecule has 2 aromatic carbocycles. The molecule has 0 atom stereocenters. The molecule has 33 heavy (non-hydrogen) atoms. The number of benzene rings is 2. The number of nitrogens with zero attached hydrogens (tertiary/aromatic N) is 3. The summed E-state index contributed by atoms with van der Waals surface area (Å²) in [6.45, 7) is 2.75. The Morgan fingerprint density at radius 2 is 1.88 bits per heavy atom. The van der Waals surface area contributed by atoms with E-state index < -0.39 is 10.0 Å². The smallest absolute Gasteiger partial charge is 0.262 e. The van der Waals surface area contributed by atoms with Gasteiger partial charge < -0.3 is 19.9 Å². The fourth-order valence-electron chi connectivity index (χ4n) is 3.94. The standard InChI is InChI=1S/C22H25FN4O5S/c1-15-11-17-19(32-14-21(28)24-17)12-20(15)33(30,31)25(2)13-22(29)27-9-7-26(8-10-27)18-6-4-3-5-16(18)23/h3-6,11-12H,7-10,13-14H2,1-2H3,(H,24,28). The molecule has 0 spiro atoms. The predicted molar refractivity (Wildman–Crippen MR) is 120 cm³/mol. The first-order valence-corrected chi connectivity index (χ1v) is 11.9. The van der Waals surface area contributed by atoms with Gasteiger partial charge in [0.25, 0.3) is 5.91 Å². The van der Waals surface area contributed by atoms with E-state index in [1.165, 1.54) is 25.2 Å². The van der Waals surface area contributed by atoms with Crippen molar-refractivity contribution in [3.05, 3.63) is 47.8 Å². The van der Waals surface area contributed by atoms with Gasteiger partial charge in [-0.2, -0.15) is 4.31 Å². The van der Waals surface area contributed by atoms with Crippen molar-refractivity contribution in [1.82, 2.24) is 9.21 Å². The van der Waals surface area contributed by atoms with E-state index in [1.807, 2.05) is 4.90 Å². The van der Waals surface area contributed by atoms with E-state index in [0.717, 1.165) is 4.31 Å². The summed E-state index contributed by atoms with van der Waals surface area (Å²) in [7, 11) is -2.63. The SMILES string of the molecule is Cc1cc2c(cc1S(=O)(=O)N(C)CC(=O)N1CCN(c3ccccc3F)CC1)OCC(=O)N2. The molecule has 9 nitrogen and oxygen atoms in total. The van der Waals surface area contributed by atoms with Crippen LogP contribution in [0.4, 0.5) is 15.8 Å². The molecule has 0 aliphatic carbocycles. The van der Waals surface area contributed by atoms with Crippen molar-refractivity contribution in [1.29, 1.82) is 0 Å². The number of carbonyl (C=O) groups is 2. The van der Waals surface area contributed by atoms with E-state index in [2.05, 4.69) is 5.32 Å². The number of aryl methyl sites for hydroxylation is 1. The molecular formula is C22H25FN4O5S. The number of anilines is 2. The van der Waals surface area contributed by atoms with Gasteiger partial charge in [0.1, 0.15) is 11.6 Å². The second-order valence-corrected chi connectivity index (χ2v) is 10.0. The molecule has 2 aromatic rings. The summed E-state index contributed by atoms with van der Waals surface area (Å²) < 4.78 is 46.7. The molecule has 176 valence electrons. The van der Waals surface area contributed by atoms with Crippen LogP contribution in [0.15, 0.2) is 41.3 Å². The molecular weight excluding hydrogens is 451 g/mol. The van der Waals surface area contributed by atoms with Crippen LogP contribution in [0.5, 0.6) is 5.75 Å². The normalized spacial score (nSPS) is 16.3. The summed E-state index contributed by atoms with van der Waals surface area (Å²) in [5.41, 5.74) is 1.33. The molecule has 0 unspecified atom stereocenters. The Labute approximate surface area is 191 Å². The van der Waals surface area contributed by atoms with Gasteiger partial charge in [0.2, 0.25) is 15.9 Å². The van der Waals surface area contributed by atoms with E-state index in [0.29, 0.717) is 43.1 Å². The van der Waals surface area contributed by atoms with Crippen LogP contribution < -0.4 is 15.0 Å². The van der Waals surface area contributed by atoms with Crippen LogP contribution in [-0.4, -0.2) is 75.8 Å². The number of hydrogen-bond donors (Lipinski definition) is 1. The first-order chi connectivity index (χ1) is 15.7. The van der Waals surface area contributed by atoms with Gasteiger partial charge in [-0.15, -0.1) is 0 Å². The number of para-hydroxylation sites is 1. The van der Waals surface area contributed by atoms with Crippen LogP contribution in [0.25, 0.3) is 0 Å². The molecule has 11 heteroatoms. The average Bonchev–Trinajstić information content (AvgIpc) is 2.78. The molecule has 0 saturated carbocycles. The van der Waals surface area contributed by atoms with Crippen LogP contribution >= 0.6 is 0 Å². The minimum Gasteiger partial charge on any atom is -0.482 e. The van der Waals surface area contributed by atoms with Crippen LogP contribution in [0.1, 0.15) is 5.56 Å². The topological polar surface area (TPSA) is 99.3 Å². The molecule has 1 N–H and O–H groups in total. The number of fused-ring (bicyclic) bond motifs is 1. The Morgan fingerprint density at radius 1 is 1.18 bits per heavy atom. The summed E-state index contributed by atoms with van der Waals surface area (Å²) in [5.74, 6) is -0.682. The molecule has 0 aromatic heterocycles. The van der Waals surface area contributed by atoms with Crippen LogP contribution in [0.3, 0.4) is 0 Å². The summed E-state index contributed by atoms with van der Waals surface area (Å²) >= 11 is 0. The highest BCUT2D eigenvalue weighted by Crippen LogP contribution is 2.33. The third-order valence-electron chi connectivity index (χ3n) is 5.78. The lowest BCUT2D eigenvalue weighted by atomic mass is 10.2. The number of carbonyl (C=O) groups excluding carboxylic acids is 2. The molecule has 2 amide bonds. The van der Waals surface area contributed by atoms with Gasteiger partial charge >= 0.3 is 0 Å². The summed E-state index contributed by atoms with van der Waals surface area (Å²) in [5, 5.41) is 2.64. The van der Waals surface area contributed by atoms with Crippen LogP contribution in [-0.2, 0) is 19.6 Å². The third-order valence-corrected chi connectivity index (χ3v) is 7.73. The Morgan fingerprint density at radius 3 is 2.58 bits per heavy atom. The molecule has 1 fully saturated rings. The Bertz CT molecular complexity index is 1200. The van der Waals surface area contributed by atoms with Crippen LogP contribution in [0, 0.1) is 12.7 Å². The van der Waals surface area contributed by atoms with Gasteiger partial charge in [-0.3, -0.25) is 9.59 Å². The van der Waals surface area contributed by atoms with Gasteiger partial charge in [-0.25, -0.2) is 12.8 Å². The fraction of sp³-hybridized carbons (Fsp3) is 0.364. The van der Waals surface area contributed by atoms with E-state index in [1.54, 1.807) is 30.0 Å². The predicted octanol–water partition coefficient (Wildman–Crippen LogP) is 1.43. The minimum atomic E-state index is -3.98. The first kappa shape index (κ1) is 23.0. The molecule has 2 aliphatic rings. The third kappa shape index (κ3) is 4.64. The number of halogens is 1. The average molecular weight is 477 g/mol. The second kappa shape index (κ2) is 8.99. The number of likely N-dealkylation sites (N-methyl/N-ethyl adjacent to an activating group) is 1. The van der Waals surface area contributed by atoms with Crippen molar-refractivity contribution in [2.24, 2.45) is 0 Å². The van der Waals surface area contributed by atoms with E-state index in [4.69, 9.17) is 4.74 Å². The molecule has 0 bridgehead atoms. The van der Waals surface area contributed by atoms with Crippen molar-refractivity contribution < 1.29 is 27.1 Å². The number of nitrogens with one attached hydrogen (secondary N) is 1. The van der Waals surface area contributed by atoms with E-state index in [9.17, 15) is 22.4 Å². The first-order valence-electron chi connectivity index (χ1n) is 10.5. The Kier molecular flexibility index (Phi) is 6.26. The zero-order chi connectivity index (χ0) is 23.8. The van der Waals surface area contributed by atoms with Crippen molar-refractivity contribution in [2.75, 3.05) is 56.6 Å². The quantitative estimate of drug-likeness (QED) is 0.701. The minimum absolute atomic E-state index is 0.0112. The zero-order valence-corrected chi connectivity index (χ0v) is 19.2. The van der Waals surface area contributed by atoms with Gasteiger partial charge in [0, 0.05) is 39.3 Å². The molecule has 0 radical (unpaired) electrons. The Hall–Kier alpha value is -3.18. The molecule has 2 aliphatic heterocycles. The second-order valence-electron chi connectivity index (χ2n) is 8.03. The number of rotatable bonds is 5. The van der Waals surface area contributed by atoms with E-state index >= 15 is 0 Å². The molecule has 4 rings (SSSR count). The van der Waals surface area contributed by atoms with Crippen molar-refractivity contribution in [3.63, 3.8) is 0 Å². The van der Waals surface area contributed by atoms with Crippen molar-refractivity contribution in [3.8, 4) is 5.75 Å². The lowest BCUT2D eigenvalue weighted by Crippen LogP contribution is -2.51. The number of ether oxygens (including phenoxy) is 1. The highest BCUT2D eigenvalue weighted by atomic mass is 32.2. The fourth-order valence-corrected chi connectivity index (χ4v) is 5.28. The van der Waals surface area contributed by atoms with Gasteiger partial charge in [-0.1, -0.05) is 12.1 Å². The van der Waals surface area contributed by atoms with Gasteiger partial charge in [0.05, 0.1) is 22.8 Å². The summed E-state index contributed by atoms with van der Waals surface area (Å²) in [6.07, 6.45) is 0. The lowest BCUT2D eigenvalue weighted by Gasteiger charge is -2.36. The van der Waals surface area contributed by atoms with Crippen LogP contribution in [0.2, 0.25) is 0 Å². The lowest BCUT2D eigenvalue weighted by molar-refractivity contribution is -0.131. The number of hydrogen-bond acceptors (Lipinski definition) is 6. The largest absolute Gasteiger partial charge is 0.482 e. The van der Waals surface area contributed by atoms with Crippen molar-refractivity contribution >= 4 is 33.2 Å². The monoisotopic (exact) mass is 476 g/mol. The highest BCUT2D eigenvalue weighted by molar-refractivity contribution is 7.89. The Balaban J connectivity index is 1.42. The number of sulfonamides is 1. The zero-order valence-electron chi connectivity index (χ0n) is 18.4. The summed E-state index contributed by atoms with van der Waals surface area (Å²) in [6, 6.07) is 9.39. The maximum absolute atomic E-state index is 14.0.